The van der Waals surface area contributed by atoms with E-state index in [1.54, 1.807) is 11.8 Å². The molecule has 102 valence electrons. The van der Waals surface area contributed by atoms with Gasteiger partial charge in [-0.15, -0.1) is 0 Å². The average molecular weight is 279 g/mol. The Morgan fingerprint density at radius 2 is 2.11 bits per heavy atom. The minimum atomic E-state index is -4.41. The monoisotopic (exact) mass is 279 g/mol. The Balaban J connectivity index is 2.80. The summed E-state index contributed by atoms with van der Waals surface area (Å²) in [6.45, 7) is 3.92. The smallest absolute Gasteiger partial charge is 0.384 e. The van der Waals surface area contributed by atoms with Crippen LogP contribution in [0.5, 0.6) is 0 Å². The van der Waals surface area contributed by atoms with Crippen LogP contribution in [0.1, 0.15) is 19.4 Å². The molecule has 0 radical (unpaired) electrons. The summed E-state index contributed by atoms with van der Waals surface area (Å²) in [6.07, 6.45) is -4.41. The van der Waals surface area contributed by atoms with Gasteiger partial charge in [0, 0.05) is 11.8 Å². The normalized spacial score (nSPS) is 13.4. The first-order valence-electron chi connectivity index (χ1n) is 5.52. The molecule has 0 aliphatic carbocycles. The zero-order chi connectivity index (χ0) is 13.8. The number of hydrogen-bond donors (Lipinski definition) is 2. The lowest BCUT2D eigenvalue weighted by molar-refractivity contribution is -0.137. The number of halogens is 3. The highest BCUT2D eigenvalue weighted by Gasteiger charge is 2.31. The van der Waals surface area contributed by atoms with Crippen molar-refractivity contribution in [2.24, 2.45) is 0 Å². The molecule has 0 bridgehead atoms. The van der Waals surface area contributed by atoms with Gasteiger partial charge in [-0.05, 0) is 24.8 Å². The second-order valence-corrected chi connectivity index (χ2v) is 5.19. The summed E-state index contributed by atoms with van der Waals surface area (Å²) in [4.78, 5) is 3.85. The van der Waals surface area contributed by atoms with Crippen molar-refractivity contribution in [3.8, 4) is 0 Å². The summed E-state index contributed by atoms with van der Waals surface area (Å²) in [6, 6.07) is 1.84. The van der Waals surface area contributed by atoms with Crippen LogP contribution < -0.4 is 11.1 Å². The Morgan fingerprint density at radius 3 is 2.67 bits per heavy atom. The number of nitrogens with zero attached hydrogens (tertiary/aromatic N) is 1. The van der Waals surface area contributed by atoms with Gasteiger partial charge in [-0.2, -0.15) is 24.9 Å². The van der Waals surface area contributed by atoms with Crippen LogP contribution in [-0.4, -0.2) is 22.5 Å². The van der Waals surface area contributed by atoms with Crippen molar-refractivity contribution in [3.63, 3.8) is 0 Å². The molecular weight excluding hydrogens is 263 g/mol. The number of nitrogens with two attached hydrogens (primary N) is 1. The van der Waals surface area contributed by atoms with E-state index in [1.807, 2.05) is 13.8 Å². The van der Waals surface area contributed by atoms with Gasteiger partial charge in [0.05, 0.1) is 5.56 Å². The van der Waals surface area contributed by atoms with E-state index in [2.05, 4.69) is 10.3 Å². The Labute approximate surface area is 108 Å². The van der Waals surface area contributed by atoms with Gasteiger partial charge in [0.25, 0.3) is 0 Å². The standard InChI is InChI=1S/C11H16F3N3S/c1-3-18-6-7(2)16-10-5-8(11(12,13)14)4-9(15)17-10/h4-5,7H,3,6H2,1-2H3,(H3,15,16,17). The van der Waals surface area contributed by atoms with E-state index in [9.17, 15) is 13.2 Å². The van der Waals surface area contributed by atoms with Crippen LogP contribution in [0.25, 0.3) is 0 Å². The molecule has 1 heterocycles. The largest absolute Gasteiger partial charge is 0.416 e. The van der Waals surface area contributed by atoms with Crippen molar-refractivity contribution < 1.29 is 13.2 Å². The molecule has 1 aromatic heterocycles. The maximum atomic E-state index is 12.6. The molecule has 0 spiro atoms. The molecule has 0 aliphatic rings. The van der Waals surface area contributed by atoms with Gasteiger partial charge in [0.1, 0.15) is 11.6 Å². The first-order valence-corrected chi connectivity index (χ1v) is 6.67. The van der Waals surface area contributed by atoms with E-state index in [-0.39, 0.29) is 17.7 Å². The number of pyridine rings is 1. The fourth-order valence-electron chi connectivity index (χ4n) is 1.38. The number of nitrogens with one attached hydrogen (secondary N) is 1. The topological polar surface area (TPSA) is 50.9 Å². The van der Waals surface area contributed by atoms with Crippen LogP contribution in [0, 0.1) is 0 Å². The number of aromatic nitrogens is 1. The first-order chi connectivity index (χ1) is 8.32. The second kappa shape index (κ2) is 6.17. The predicted octanol–water partition coefficient (Wildman–Crippen LogP) is 3.24. The lowest BCUT2D eigenvalue weighted by Crippen LogP contribution is -2.20. The fraction of sp³-hybridized carbons (Fsp3) is 0.545. The van der Waals surface area contributed by atoms with Crippen molar-refractivity contribution in [2.75, 3.05) is 22.6 Å². The first kappa shape index (κ1) is 14.9. The third kappa shape index (κ3) is 4.64. The molecule has 1 atom stereocenters. The molecule has 0 aliphatic heterocycles. The summed E-state index contributed by atoms with van der Waals surface area (Å²) < 4.78 is 37.7. The number of nitrogen functional groups attached to an aromatic ring is 1. The van der Waals surface area contributed by atoms with Gasteiger partial charge < -0.3 is 11.1 Å². The molecule has 0 saturated carbocycles. The quantitative estimate of drug-likeness (QED) is 0.868. The van der Waals surface area contributed by atoms with E-state index < -0.39 is 11.7 Å². The molecule has 3 N–H and O–H groups in total. The summed E-state index contributed by atoms with van der Waals surface area (Å²) >= 11 is 1.71. The maximum Gasteiger partial charge on any atom is 0.416 e. The van der Waals surface area contributed by atoms with Crippen LogP contribution in [0.15, 0.2) is 12.1 Å². The molecule has 3 nitrogen and oxygen atoms in total. The summed E-state index contributed by atoms with van der Waals surface area (Å²) in [5, 5.41) is 2.92. The molecule has 0 saturated heterocycles. The van der Waals surface area contributed by atoms with Crippen molar-refractivity contribution in [2.45, 2.75) is 26.1 Å². The predicted molar refractivity (Wildman–Crippen MR) is 69.7 cm³/mol. The van der Waals surface area contributed by atoms with E-state index in [0.717, 1.165) is 23.6 Å². The van der Waals surface area contributed by atoms with Crippen LogP contribution in [0.4, 0.5) is 24.8 Å². The van der Waals surface area contributed by atoms with Gasteiger partial charge in [0.15, 0.2) is 0 Å². The average Bonchev–Trinajstić information content (AvgIpc) is 2.24. The third-order valence-electron chi connectivity index (χ3n) is 2.14. The Kier molecular flexibility index (Phi) is 5.13. The van der Waals surface area contributed by atoms with Gasteiger partial charge >= 0.3 is 6.18 Å². The van der Waals surface area contributed by atoms with E-state index >= 15 is 0 Å². The van der Waals surface area contributed by atoms with Gasteiger partial charge in [-0.1, -0.05) is 6.92 Å². The Hall–Kier alpha value is -1.11. The summed E-state index contributed by atoms with van der Waals surface area (Å²) in [7, 11) is 0. The third-order valence-corrected chi connectivity index (χ3v) is 3.28. The SMILES string of the molecule is CCSCC(C)Nc1cc(C(F)(F)F)cc(N)n1. The van der Waals surface area contributed by atoms with Gasteiger partial charge in [0.2, 0.25) is 0 Å². The minimum Gasteiger partial charge on any atom is -0.384 e. The fourth-order valence-corrected chi connectivity index (χ4v) is 2.05. The zero-order valence-electron chi connectivity index (χ0n) is 10.2. The number of thioether (sulfide) groups is 1. The molecule has 7 heteroatoms. The molecule has 0 aromatic carbocycles. The number of alkyl halides is 3. The van der Waals surface area contributed by atoms with Crippen molar-refractivity contribution in [1.29, 1.82) is 0 Å². The molecule has 18 heavy (non-hydrogen) atoms. The molecule has 1 rings (SSSR count). The van der Waals surface area contributed by atoms with Gasteiger partial charge in [-0.3, -0.25) is 0 Å². The van der Waals surface area contributed by atoms with Crippen LogP contribution >= 0.6 is 11.8 Å². The second-order valence-electron chi connectivity index (χ2n) is 3.87. The van der Waals surface area contributed by atoms with Crippen molar-refractivity contribution in [1.82, 2.24) is 4.98 Å². The Bertz CT molecular complexity index is 396. The molecule has 0 amide bonds. The highest BCUT2D eigenvalue weighted by atomic mass is 32.2. The zero-order valence-corrected chi connectivity index (χ0v) is 11.0. The minimum absolute atomic E-state index is 0.0327. The molecule has 1 aromatic rings. The van der Waals surface area contributed by atoms with E-state index in [1.165, 1.54) is 0 Å². The number of anilines is 2. The number of rotatable bonds is 5. The van der Waals surface area contributed by atoms with Crippen LogP contribution in [-0.2, 0) is 6.18 Å². The highest BCUT2D eigenvalue weighted by molar-refractivity contribution is 7.99. The Morgan fingerprint density at radius 1 is 1.44 bits per heavy atom. The summed E-state index contributed by atoms with van der Waals surface area (Å²) in [5.74, 6) is 1.78. The van der Waals surface area contributed by atoms with Crippen molar-refractivity contribution >= 4 is 23.4 Å². The number of hydrogen-bond acceptors (Lipinski definition) is 4. The molecule has 1 unspecified atom stereocenters. The van der Waals surface area contributed by atoms with Crippen LogP contribution in [0.3, 0.4) is 0 Å². The lowest BCUT2D eigenvalue weighted by atomic mass is 10.2. The van der Waals surface area contributed by atoms with Gasteiger partial charge in [-0.25, -0.2) is 4.98 Å². The molecule has 0 fully saturated rings. The van der Waals surface area contributed by atoms with E-state index in [0.29, 0.717) is 0 Å². The molecular formula is C11H16F3N3S. The lowest BCUT2D eigenvalue weighted by Gasteiger charge is -2.15. The summed E-state index contributed by atoms with van der Waals surface area (Å²) in [5.41, 5.74) is 4.59. The van der Waals surface area contributed by atoms with E-state index in [4.69, 9.17) is 5.73 Å². The van der Waals surface area contributed by atoms with Crippen LogP contribution in [0.2, 0.25) is 0 Å². The van der Waals surface area contributed by atoms with Crippen molar-refractivity contribution in [3.05, 3.63) is 17.7 Å². The highest BCUT2D eigenvalue weighted by Crippen LogP contribution is 2.31. The maximum absolute atomic E-state index is 12.6.